The minimum Gasteiger partial charge on any atom is -0.550 e. The Morgan fingerprint density at radius 3 is 2.08 bits per heavy atom. The van der Waals surface area contributed by atoms with Crippen molar-refractivity contribution in [1.29, 1.82) is 0 Å². The molecular formula is C7H9INNaO3. The first-order valence-electron chi connectivity index (χ1n) is 2.94. The number of hydrogen-bond acceptors (Lipinski definition) is 3. The fourth-order valence-electron chi connectivity index (χ4n) is 0.377. The molecule has 4 nitrogen and oxygen atoms in total. The molecule has 1 aromatic rings. The number of pyridine rings is 1. The topological polar surface area (TPSA) is 73.0 Å². The molecule has 1 heterocycles. The van der Waals surface area contributed by atoms with Gasteiger partial charge in [0.25, 0.3) is 0 Å². The molecule has 0 aliphatic carbocycles. The van der Waals surface area contributed by atoms with Crippen molar-refractivity contribution < 1.29 is 39.5 Å². The first-order valence-corrected chi connectivity index (χ1v) is 2.94. The number of aliphatic carboxylic acids is 1. The molecule has 0 spiro atoms. The molecule has 0 atom stereocenters. The summed E-state index contributed by atoms with van der Waals surface area (Å²) >= 11 is 0. The Hall–Kier alpha value is 0.150. The Bertz CT molecular complexity index is 255. The number of carboxylic acid groups (broad SMARTS) is 1. The zero-order valence-electron chi connectivity index (χ0n) is 7.44. The molecule has 0 aliphatic rings. The van der Waals surface area contributed by atoms with Gasteiger partial charge in [0.2, 0.25) is 5.56 Å². The van der Waals surface area contributed by atoms with Crippen LogP contribution in [-0.2, 0) is 4.79 Å². The summed E-state index contributed by atoms with van der Waals surface area (Å²) in [5, 5.41) is 8.89. The van der Waals surface area contributed by atoms with E-state index in [1.54, 1.807) is 18.3 Å². The molecular weight excluding hydrogens is 296 g/mol. The molecule has 0 saturated heterocycles. The normalized spacial score (nSPS) is 6.54. The van der Waals surface area contributed by atoms with Crippen LogP contribution in [0.4, 0.5) is 0 Å². The smallest absolute Gasteiger partial charge is 0.550 e. The number of carboxylic acids is 1. The van der Waals surface area contributed by atoms with E-state index < -0.39 is 5.97 Å². The zero-order chi connectivity index (χ0) is 8.69. The van der Waals surface area contributed by atoms with Gasteiger partial charge in [0.05, 0.1) is 0 Å². The quantitative estimate of drug-likeness (QED) is 0.404. The molecule has 0 saturated carbocycles. The third-order valence-electron chi connectivity index (χ3n) is 0.681. The fraction of sp³-hybridized carbons (Fsp3) is 0.143. The molecule has 1 rings (SSSR count). The van der Waals surface area contributed by atoms with E-state index in [1.165, 1.54) is 6.07 Å². The summed E-state index contributed by atoms with van der Waals surface area (Å²) in [6, 6.07) is 4.93. The van der Waals surface area contributed by atoms with Crippen molar-refractivity contribution in [2.24, 2.45) is 0 Å². The van der Waals surface area contributed by atoms with Crippen LogP contribution in [0.1, 0.15) is 6.92 Å². The van der Waals surface area contributed by atoms with E-state index in [4.69, 9.17) is 9.90 Å². The van der Waals surface area contributed by atoms with Crippen molar-refractivity contribution >= 4 is 29.9 Å². The van der Waals surface area contributed by atoms with Crippen LogP contribution in [0, 0.1) is 0 Å². The third-order valence-corrected chi connectivity index (χ3v) is 0.681. The van der Waals surface area contributed by atoms with Crippen molar-refractivity contribution in [3.05, 3.63) is 34.7 Å². The molecule has 0 radical (unpaired) electrons. The van der Waals surface area contributed by atoms with E-state index in [9.17, 15) is 4.79 Å². The van der Waals surface area contributed by atoms with E-state index in [0.717, 1.165) is 6.92 Å². The van der Waals surface area contributed by atoms with Crippen molar-refractivity contribution in [2.45, 2.75) is 6.92 Å². The van der Waals surface area contributed by atoms with Gasteiger partial charge in [-0.25, -0.2) is 0 Å². The second-order valence-corrected chi connectivity index (χ2v) is 1.72. The first kappa shape index (κ1) is 18.8. The number of aromatic nitrogens is 1. The van der Waals surface area contributed by atoms with E-state index >= 15 is 0 Å². The van der Waals surface area contributed by atoms with Crippen LogP contribution in [0.2, 0.25) is 0 Å². The Morgan fingerprint density at radius 1 is 1.46 bits per heavy atom. The summed E-state index contributed by atoms with van der Waals surface area (Å²) in [5.41, 5.74) is -0.0532. The van der Waals surface area contributed by atoms with E-state index in [0.29, 0.717) is 0 Å². The molecule has 1 aromatic heterocycles. The predicted octanol–water partition coefficient (Wildman–Crippen LogP) is -3.25. The number of rotatable bonds is 0. The number of hydrogen-bond donors (Lipinski definition) is 1. The van der Waals surface area contributed by atoms with Crippen LogP contribution in [0.5, 0.6) is 0 Å². The summed E-state index contributed by atoms with van der Waals surface area (Å²) in [4.78, 5) is 21.6. The Kier molecular flexibility index (Phi) is 17.6. The van der Waals surface area contributed by atoms with E-state index in [2.05, 4.69) is 4.98 Å². The summed E-state index contributed by atoms with van der Waals surface area (Å²) in [6.45, 7) is 0.972. The molecule has 1 N–H and O–H groups in total. The van der Waals surface area contributed by atoms with Crippen molar-refractivity contribution in [2.75, 3.05) is 0 Å². The summed E-state index contributed by atoms with van der Waals surface area (Å²) in [5.74, 6) is -1.08. The molecule has 0 bridgehead atoms. The van der Waals surface area contributed by atoms with Gasteiger partial charge in [0.15, 0.2) is 0 Å². The van der Waals surface area contributed by atoms with Crippen LogP contribution in [-0.4, -0.2) is 11.0 Å². The van der Waals surface area contributed by atoms with Gasteiger partial charge < -0.3 is 14.9 Å². The third kappa shape index (κ3) is 18.8. The van der Waals surface area contributed by atoms with Crippen molar-refractivity contribution in [3.63, 3.8) is 0 Å². The van der Waals surface area contributed by atoms with Crippen LogP contribution < -0.4 is 40.2 Å². The molecule has 0 aliphatic heterocycles. The Morgan fingerprint density at radius 2 is 1.92 bits per heavy atom. The first-order chi connectivity index (χ1) is 5.13. The van der Waals surface area contributed by atoms with E-state index in [-0.39, 0.29) is 59.1 Å². The van der Waals surface area contributed by atoms with Crippen LogP contribution >= 0.6 is 24.0 Å². The number of nitrogens with one attached hydrogen (secondary N) is 1. The van der Waals surface area contributed by atoms with Gasteiger partial charge in [-0.3, -0.25) is 4.79 Å². The largest absolute Gasteiger partial charge is 1.00 e. The molecule has 0 unspecified atom stereocenters. The second kappa shape index (κ2) is 12.2. The van der Waals surface area contributed by atoms with Gasteiger partial charge in [-0.2, -0.15) is 0 Å². The maximum Gasteiger partial charge on any atom is 1.00 e. The summed E-state index contributed by atoms with van der Waals surface area (Å²) < 4.78 is 0. The van der Waals surface area contributed by atoms with Gasteiger partial charge in [-0.15, -0.1) is 24.0 Å². The van der Waals surface area contributed by atoms with Crippen LogP contribution in [0.25, 0.3) is 0 Å². The minimum atomic E-state index is -1.08. The SMILES string of the molecule is CC(=O)[O-].I.O=c1cccc[nH]1.[Na+]. The summed E-state index contributed by atoms with van der Waals surface area (Å²) in [6.07, 6.45) is 1.60. The van der Waals surface area contributed by atoms with Gasteiger partial charge in [-0.1, -0.05) is 6.07 Å². The predicted molar refractivity (Wildman–Crippen MR) is 53.2 cm³/mol. The molecule has 0 fully saturated rings. The maximum absolute atomic E-state index is 10.2. The molecule has 13 heavy (non-hydrogen) atoms. The van der Waals surface area contributed by atoms with Crippen molar-refractivity contribution in [3.8, 4) is 0 Å². The fourth-order valence-corrected chi connectivity index (χ4v) is 0.377. The van der Waals surface area contributed by atoms with Gasteiger partial charge in [0, 0.05) is 18.2 Å². The monoisotopic (exact) mass is 305 g/mol. The van der Waals surface area contributed by atoms with Crippen LogP contribution in [0.3, 0.4) is 0 Å². The number of carbonyl (C=O) groups excluding carboxylic acids is 1. The zero-order valence-corrected chi connectivity index (χ0v) is 11.8. The number of H-pyrrole nitrogens is 1. The second-order valence-electron chi connectivity index (χ2n) is 1.72. The molecule has 68 valence electrons. The Labute approximate surface area is 115 Å². The number of carbonyl (C=O) groups is 1. The number of halogens is 1. The number of aromatic amines is 1. The van der Waals surface area contributed by atoms with Crippen molar-refractivity contribution in [1.82, 2.24) is 4.98 Å². The average molecular weight is 305 g/mol. The minimum absolute atomic E-state index is 0. The average Bonchev–Trinajstić information content (AvgIpc) is 1.87. The Balaban J connectivity index is -0.000000150. The van der Waals surface area contributed by atoms with Gasteiger partial charge >= 0.3 is 29.6 Å². The van der Waals surface area contributed by atoms with Crippen LogP contribution in [0.15, 0.2) is 29.2 Å². The van der Waals surface area contributed by atoms with Gasteiger partial charge in [0.1, 0.15) is 0 Å². The molecule has 6 heteroatoms. The maximum atomic E-state index is 10.2. The molecule has 0 aromatic carbocycles. The van der Waals surface area contributed by atoms with Gasteiger partial charge in [-0.05, 0) is 13.0 Å². The molecule has 0 amide bonds. The standard InChI is InChI=1S/C5H5NO.C2H4O2.HI.Na/c7-5-3-1-2-4-6-5;1-2(3)4;;/h1-4H,(H,6,7);1H3,(H,3,4);1H;/q;;;+1/p-1. The summed E-state index contributed by atoms with van der Waals surface area (Å²) in [7, 11) is 0. The van der Waals surface area contributed by atoms with E-state index in [1.807, 2.05) is 0 Å².